The predicted octanol–water partition coefficient (Wildman–Crippen LogP) is 12.7. The van der Waals surface area contributed by atoms with Gasteiger partial charge in [0.1, 0.15) is 11.5 Å². The molecule has 2 heteroatoms. The van der Waals surface area contributed by atoms with Crippen LogP contribution in [0.15, 0.2) is 84.9 Å². The Labute approximate surface area is 288 Å². The predicted molar refractivity (Wildman–Crippen MR) is 199 cm³/mol. The molecule has 4 aromatic carbocycles. The van der Waals surface area contributed by atoms with Gasteiger partial charge in [-0.1, -0.05) is 84.9 Å². The van der Waals surface area contributed by atoms with Crippen molar-refractivity contribution in [3.05, 3.63) is 113 Å². The van der Waals surface area contributed by atoms with Gasteiger partial charge < -0.3 is 9.64 Å². The maximum Gasteiger partial charge on any atom is 0.131 e. The molecule has 4 saturated carbocycles. The lowest BCUT2D eigenvalue weighted by atomic mass is 9.42. The summed E-state index contributed by atoms with van der Waals surface area (Å²) in [7, 11) is 0. The zero-order chi connectivity index (χ0) is 33.2. The number of para-hydroxylation sites is 1. The molecule has 1 spiro atoms. The zero-order valence-corrected chi connectivity index (χ0v) is 30.2. The van der Waals surface area contributed by atoms with Crippen molar-refractivity contribution in [1.82, 2.24) is 0 Å². The second-order valence-electron chi connectivity index (χ2n) is 18.6. The summed E-state index contributed by atoms with van der Waals surface area (Å²) in [5.74, 6) is 5.32. The Morgan fingerprint density at radius 2 is 1.10 bits per heavy atom. The molecule has 2 nitrogen and oxygen atoms in total. The fraction of sp³-hybridized carbons (Fsp3) is 0.478. The van der Waals surface area contributed by atoms with Crippen molar-refractivity contribution in [3.8, 4) is 11.5 Å². The minimum absolute atomic E-state index is 0.0250. The number of fused-ring (bicyclic) bond motifs is 3. The van der Waals surface area contributed by atoms with Gasteiger partial charge in [-0.3, -0.25) is 0 Å². The standard InChI is InChI=1S/C46H53NO/c1-43(2,3)31-12-14-34(15-13-31)47(35-16-18-37-39(27-35)45(6,7)21-20-44(37,4)5)36-17-19-42-40(28-36)46(38-10-8-9-11-41(38)48-42)32-23-29-22-30(25-32)26-33(46)24-29/h8-19,27-30,32-33H,20-26H2,1-7H3. The van der Waals surface area contributed by atoms with Gasteiger partial charge in [0.25, 0.3) is 0 Å². The first kappa shape index (κ1) is 30.5. The van der Waals surface area contributed by atoms with Gasteiger partial charge in [-0.2, -0.15) is 0 Å². The quantitative estimate of drug-likeness (QED) is 0.222. The number of benzene rings is 4. The van der Waals surface area contributed by atoms with Gasteiger partial charge in [-0.15, -0.1) is 0 Å². The van der Waals surface area contributed by atoms with Gasteiger partial charge in [-0.25, -0.2) is 0 Å². The molecule has 0 atom stereocenters. The first-order chi connectivity index (χ1) is 22.8. The van der Waals surface area contributed by atoms with Crippen LogP contribution in [0, 0.1) is 23.7 Å². The van der Waals surface area contributed by atoms with E-state index >= 15 is 0 Å². The Bertz CT molecular complexity index is 1880. The number of ether oxygens (including phenoxy) is 1. The number of hydrogen-bond donors (Lipinski definition) is 0. The summed E-state index contributed by atoms with van der Waals surface area (Å²) in [6, 6.07) is 32.9. The molecule has 48 heavy (non-hydrogen) atoms. The molecule has 4 aromatic rings. The molecule has 4 bridgehead atoms. The van der Waals surface area contributed by atoms with Crippen molar-refractivity contribution in [2.45, 2.75) is 115 Å². The molecule has 0 radical (unpaired) electrons. The topological polar surface area (TPSA) is 12.5 Å². The van der Waals surface area contributed by atoms with Crippen LogP contribution >= 0.6 is 0 Å². The third-order valence-electron chi connectivity index (χ3n) is 13.7. The summed E-state index contributed by atoms with van der Waals surface area (Å²) in [5.41, 5.74) is 11.4. The van der Waals surface area contributed by atoms with Crippen LogP contribution in [0.2, 0.25) is 0 Å². The summed E-state index contributed by atoms with van der Waals surface area (Å²) in [4.78, 5) is 2.54. The molecule has 0 saturated heterocycles. The van der Waals surface area contributed by atoms with Crippen LogP contribution in [0.25, 0.3) is 0 Å². The molecular weight excluding hydrogens is 583 g/mol. The van der Waals surface area contributed by atoms with E-state index in [1.54, 1.807) is 0 Å². The molecule has 0 amide bonds. The van der Waals surface area contributed by atoms with Gasteiger partial charge >= 0.3 is 0 Å². The van der Waals surface area contributed by atoms with E-state index in [9.17, 15) is 0 Å². The van der Waals surface area contributed by atoms with Gasteiger partial charge in [0.2, 0.25) is 0 Å². The minimum Gasteiger partial charge on any atom is -0.457 e. The van der Waals surface area contributed by atoms with Crippen molar-refractivity contribution >= 4 is 17.1 Å². The summed E-state index contributed by atoms with van der Waals surface area (Å²) >= 11 is 0. The molecule has 0 N–H and O–H groups in total. The number of nitrogens with zero attached hydrogens (tertiary/aromatic N) is 1. The smallest absolute Gasteiger partial charge is 0.131 e. The van der Waals surface area contributed by atoms with Gasteiger partial charge in [0.15, 0.2) is 0 Å². The maximum absolute atomic E-state index is 6.81. The van der Waals surface area contributed by atoms with Crippen LogP contribution in [-0.2, 0) is 21.7 Å². The Kier molecular flexibility index (Phi) is 6.52. The number of hydrogen-bond acceptors (Lipinski definition) is 2. The maximum atomic E-state index is 6.81. The monoisotopic (exact) mass is 635 g/mol. The molecule has 1 heterocycles. The fourth-order valence-electron chi connectivity index (χ4n) is 11.3. The Morgan fingerprint density at radius 1 is 0.562 bits per heavy atom. The molecule has 5 aliphatic carbocycles. The average Bonchev–Trinajstić information content (AvgIpc) is 3.05. The Hall–Kier alpha value is -3.52. The summed E-state index contributed by atoms with van der Waals surface area (Å²) in [6.45, 7) is 16.6. The highest BCUT2D eigenvalue weighted by Crippen LogP contribution is 2.69. The van der Waals surface area contributed by atoms with Gasteiger partial charge in [0.05, 0.1) is 0 Å². The van der Waals surface area contributed by atoms with E-state index in [1.807, 2.05) is 0 Å². The third kappa shape index (κ3) is 4.43. The van der Waals surface area contributed by atoms with Crippen LogP contribution in [-0.4, -0.2) is 0 Å². The highest BCUT2D eigenvalue weighted by atomic mass is 16.5. The molecular formula is C46H53NO. The molecule has 10 rings (SSSR count). The van der Waals surface area contributed by atoms with E-state index in [4.69, 9.17) is 4.74 Å². The second kappa shape index (κ2) is 10.3. The van der Waals surface area contributed by atoms with Crippen LogP contribution in [0.4, 0.5) is 17.1 Å². The van der Waals surface area contributed by atoms with Crippen molar-refractivity contribution in [2.75, 3.05) is 4.90 Å². The van der Waals surface area contributed by atoms with E-state index in [0.717, 1.165) is 23.3 Å². The lowest BCUT2D eigenvalue weighted by Gasteiger charge is -2.63. The third-order valence-corrected chi connectivity index (χ3v) is 13.7. The second-order valence-corrected chi connectivity index (χ2v) is 18.6. The van der Waals surface area contributed by atoms with Gasteiger partial charge in [0, 0.05) is 33.6 Å². The zero-order valence-electron chi connectivity index (χ0n) is 30.2. The molecule has 0 unspecified atom stereocenters. The van der Waals surface area contributed by atoms with Crippen LogP contribution in [0.5, 0.6) is 11.5 Å². The highest BCUT2D eigenvalue weighted by Gasteiger charge is 2.61. The van der Waals surface area contributed by atoms with Crippen molar-refractivity contribution in [1.29, 1.82) is 0 Å². The molecule has 4 fully saturated rings. The lowest BCUT2D eigenvalue weighted by Crippen LogP contribution is -2.57. The van der Waals surface area contributed by atoms with Crippen LogP contribution < -0.4 is 9.64 Å². The first-order valence-corrected chi connectivity index (χ1v) is 18.8. The molecule has 0 aromatic heterocycles. The van der Waals surface area contributed by atoms with E-state index in [1.165, 1.54) is 89.8 Å². The summed E-state index contributed by atoms with van der Waals surface area (Å²) in [5, 5.41) is 0. The SMILES string of the molecule is CC(C)(C)c1ccc(N(c2ccc3c(c2)C(C)(C)CCC3(C)C)c2ccc3c(c2)C2(c4ccccc4O3)C3CC4CC(C3)CC2C4)cc1. The number of anilines is 3. The van der Waals surface area contributed by atoms with Crippen molar-refractivity contribution < 1.29 is 4.74 Å². The number of rotatable bonds is 3. The lowest BCUT2D eigenvalue weighted by molar-refractivity contribution is -0.0452. The molecule has 6 aliphatic rings. The van der Waals surface area contributed by atoms with E-state index in [-0.39, 0.29) is 21.7 Å². The average molecular weight is 636 g/mol. The fourth-order valence-corrected chi connectivity index (χ4v) is 11.3. The largest absolute Gasteiger partial charge is 0.457 e. The van der Waals surface area contributed by atoms with Crippen molar-refractivity contribution in [2.24, 2.45) is 23.7 Å². The minimum atomic E-state index is 0.0250. The van der Waals surface area contributed by atoms with E-state index < -0.39 is 0 Å². The molecule has 248 valence electrons. The van der Waals surface area contributed by atoms with Gasteiger partial charge in [-0.05, 0) is 150 Å². The highest BCUT2D eigenvalue weighted by molar-refractivity contribution is 5.79. The molecule has 1 aliphatic heterocycles. The van der Waals surface area contributed by atoms with Crippen molar-refractivity contribution in [3.63, 3.8) is 0 Å². The van der Waals surface area contributed by atoms with E-state index in [0.29, 0.717) is 11.8 Å². The summed E-state index contributed by atoms with van der Waals surface area (Å²) in [6.07, 6.45) is 9.33. The Morgan fingerprint density at radius 3 is 1.75 bits per heavy atom. The Balaban J connectivity index is 1.25. The normalized spacial score (nSPS) is 28.7. The van der Waals surface area contributed by atoms with Crippen LogP contribution in [0.3, 0.4) is 0 Å². The first-order valence-electron chi connectivity index (χ1n) is 18.8. The van der Waals surface area contributed by atoms with E-state index in [2.05, 4.69) is 138 Å². The summed E-state index contributed by atoms with van der Waals surface area (Å²) < 4.78 is 6.81. The van der Waals surface area contributed by atoms with Crippen LogP contribution in [0.1, 0.15) is 121 Å².